The highest BCUT2D eigenvalue weighted by Crippen LogP contribution is 2.32. The summed E-state index contributed by atoms with van der Waals surface area (Å²) in [6.45, 7) is 2.66. The van der Waals surface area contributed by atoms with Crippen LogP contribution < -0.4 is 16.3 Å². The maximum absolute atomic E-state index is 13.5. The Balaban J connectivity index is 1.68. The topological polar surface area (TPSA) is 84.2 Å². The predicted molar refractivity (Wildman–Crippen MR) is 115 cm³/mol. The molecule has 0 amide bonds. The molecule has 0 bridgehead atoms. The molecule has 1 fully saturated rings. The third-order valence-electron chi connectivity index (χ3n) is 5.87. The predicted octanol–water partition coefficient (Wildman–Crippen LogP) is 3.80. The standard InChI is InChI=1S/C22H23FN6O/c1-13-17-12-18(19-10-11-24-28-19)21(30)29(16-4-2-3-5-16)20(17)27-22(25-13)26-15-8-6-14(23)7-9-15/h6-9,12,16,24H,2-5,10-11H2,1H3,(H,25,26,27). The molecule has 3 heterocycles. The quantitative estimate of drug-likeness (QED) is 0.689. The van der Waals surface area contributed by atoms with Crippen LogP contribution in [0.25, 0.3) is 11.0 Å². The molecule has 1 aliphatic carbocycles. The van der Waals surface area contributed by atoms with E-state index in [0.717, 1.165) is 55.4 Å². The van der Waals surface area contributed by atoms with E-state index in [1.807, 2.05) is 17.6 Å². The van der Waals surface area contributed by atoms with Gasteiger partial charge in [-0.2, -0.15) is 10.1 Å². The van der Waals surface area contributed by atoms with E-state index in [4.69, 9.17) is 4.98 Å². The molecule has 30 heavy (non-hydrogen) atoms. The van der Waals surface area contributed by atoms with Crippen molar-refractivity contribution in [3.05, 3.63) is 57.8 Å². The van der Waals surface area contributed by atoms with E-state index in [2.05, 4.69) is 20.8 Å². The summed E-state index contributed by atoms with van der Waals surface area (Å²) in [6.07, 6.45) is 4.88. The number of pyridine rings is 1. The molecule has 154 valence electrons. The Morgan fingerprint density at radius 1 is 1.17 bits per heavy atom. The van der Waals surface area contributed by atoms with Crippen LogP contribution in [0.15, 0.2) is 40.2 Å². The van der Waals surface area contributed by atoms with Crippen LogP contribution in [0.4, 0.5) is 16.0 Å². The van der Waals surface area contributed by atoms with Gasteiger partial charge in [-0.25, -0.2) is 9.37 Å². The van der Waals surface area contributed by atoms with Crippen molar-refractivity contribution in [3.8, 4) is 0 Å². The first-order chi connectivity index (χ1) is 14.6. The Morgan fingerprint density at radius 2 is 1.93 bits per heavy atom. The summed E-state index contributed by atoms with van der Waals surface area (Å²) < 4.78 is 15.1. The van der Waals surface area contributed by atoms with E-state index < -0.39 is 0 Å². The Hall–Kier alpha value is -3.29. The van der Waals surface area contributed by atoms with Crippen LogP contribution in [0.3, 0.4) is 0 Å². The zero-order valence-corrected chi connectivity index (χ0v) is 16.8. The highest BCUT2D eigenvalue weighted by molar-refractivity contribution is 6.03. The first-order valence-electron chi connectivity index (χ1n) is 10.4. The largest absolute Gasteiger partial charge is 0.324 e. The maximum Gasteiger partial charge on any atom is 0.261 e. The molecular formula is C22H23FN6O. The Labute approximate surface area is 173 Å². The Morgan fingerprint density at radius 3 is 2.63 bits per heavy atom. The molecule has 2 N–H and O–H groups in total. The van der Waals surface area contributed by atoms with E-state index in [1.54, 1.807) is 12.1 Å². The van der Waals surface area contributed by atoms with E-state index in [9.17, 15) is 9.18 Å². The number of fused-ring (bicyclic) bond motifs is 1. The number of benzene rings is 1. The van der Waals surface area contributed by atoms with Crippen molar-refractivity contribution in [2.75, 3.05) is 11.9 Å². The van der Waals surface area contributed by atoms with E-state index in [-0.39, 0.29) is 17.4 Å². The summed E-state index contributed by atoms with van der Waals surface area (Å²) in [4.78, 5) is 22.8. The molecule has 5 rings (SSSR count). The average molecular weight is 406 g/mol. The first-order valence-corrected chi connectivity index (χ1v) is 10.4. The fourth-order valence-corrected chi connectivity index (χ4v) is 4.35. The smallest absolute Gasteiger partial charge is 0.261 e. The first kappa shape index (κ1) is 18.7. The maximum atomic E-state index is 13.5. The second-order valence-corrected chi connectivity index (χ2v) is 7.89. The highest BCUT2D eigenvalue weighted by Gasteiger charge is 2.25. The average Bonchev–Trinajstić information content (AvgIpc) is 3.44. The number of hydrogen-bond acceptors (Lipinski definition) is 6. The van der Waals surface area contributed by atoms with Gasteiger partial charge in [0, 0.05) is 30.1 Å². The van der Waals surface area contributed by atoms with E-state index >= 15 is 0 Å². The van der Waals surface area contributed by atoms with Gasteiger partial charge in [0.05, 0.1) is 17.0 Å². The van der Waals surface area contributed by atoms with Crippen LogP contribution in [0, 0.1) is 12.7 Å². The molecule has 1 aromatic carbocycles. The van der Waals surface area contributed by atoms with Crippen LogP contribution in [0.5, 0.6) is 0 Å². The number of aromatic nitrogens is 3. The van der Waals surface area contributed by atoms with E-state index in [0.29, 0.717) is 22.8 Å². The van der Waals surface area contributed by atoms with E-state index in [1.165, 1.54) is 12.1 Å². The third-order valence-corrected chi connectivity index (χ3v) is 5.87. The van der Waals surface area contributed by atoms with Gasteiger partial charge in [-0.15, -0.1) is 0 Å². The van der Waals surface area contributed by atoms with Gasteiger partial charge in [0.15, 0.2) is 0 Å². The van der Waals surface area contributed by atoms with Crippen LogP contribution in [0.2, 0.25) is 0 Å². The van der Waals surface area contributed by atoms with Crippen molar-refractivity contribution in [1.82, 2.24) is 20.0 Å². The Kier molecular flexibility index (Phi) is 4.69. The lowest BCUT2D eigenvalue weighted by Gasteiger charge is -2.19. The molecule has 1 aliphatic heterocycles. The number of hydrazone groups is 1. The molecule has 0 radical (unpaired) electrons. The lowest BCUT2D eigenvalue weighted by molar-refractivity contribution is 0.515. The summed E-state index contributed by atoms with van der Waals surface area (Å²) in [5.74, 6) is 0.0912. The molecule has 0 unspecified atom stereocenters. The SMILES string of the molecule is Cc1nc(Nc2ccc(F)cc2)nc2c1cc(C1=NNCC1)c(=O)n2C1CCCC1. The molecule has 3 aromatic rings. The molecule has 0 saturated heterocycles. The van der Waals surface area contributed by atoms with Crippen LogP contribution in [0.1, 0.15) is 49.4 Å². The van der Waals surface area contributed by atoms with Gasteiger partial charge in [-0.1, -0.05) is 12.8 Å². The lowest BCUT2D eigenvalue weighted by atomic mass is 10.1. The summed E-state index contributed by atoms with van der Waals surface area (Å²) >= 11 is 0. The molecule has 1 saturated carbocycles. The number of nitrogens with one attached hydrogen (secondary N) is 2. The third kappa shape index (κ3) is 3.32. The number of halogens is 1. The summed E-state index contributed by atoms with van der Waals surface area (Å²) in [5.41, 5.74) is 6.45. The van der Waals surface area contributed by atoms with Crippen molar-refractivity contribution in [2.24, 2.45) is 5.10 Å². The molecular weight excluding hydrogens is 383 g/mol. The lowest BCUT2D eigenvalue weighted by Crippen LogP contribution is -2.30. The normalized spacial score (nSPS) is 16.7. The van der Waals surface area contributed by atoms with Crippen molar-refractivity contribution in [1.29, 1.82) is 0 Å². The number of aryl methyl sites for hydroxylation is 1. The zero-order valence-electron chi connectivity index (χ0n) is 16.8. The second kappa shape index (κ2) is 7.51. The van der Waals surface area contributed by atoms with Gasteiger partial charge in [0.25, 0.3) is 5.56 Å². The van der Waals surface area contributed by atoms with Gasteiger partial charge in [0.1, 0.15) is 11.5 Å². The number of rotatable bonds is 4. The molecule has 2 aliphatic rings. The monoisotopic (exact) mass is 406 g/mol. The van der Waals surface area contributed by atoms with Gasteiger partial charge in [0.2, 0.25) is 5.95 Å². The van der Waals surface area contributed by atoms with Crippen molar-refractivity contribution in [2.45, 2.75) is 45.1 Å². The minimum atomic E-state index is -0.303. The zero-order chi connectivity index (χ0) is 20.7. The van der Waals surface area contributed by atoms with Gasteiger partial charge in [-0.3, -0.25) is 9.36 Å². The summed E-state index contributed by atoms with van der Waals surface area (Å²) in [5, 5.41) is 8.31. The van der Waals surface area contributed by atoms with Gasteiger partial charge in [-0.05, 0) is 50.1 Å². The number of nitrogens with zero attached hydrogens (tertiary/aromatic N) is 4. The van der Waals surface area contributed by atoms with Crippen molar-refractivity contribution < 1.29 is 4.39 Å². The van der Waals surface area contributed by atoms with Crippen LogP contribution in [-0.4, -0.2) is 26.8 Å². The number of hydrogen-bond donors (Lipinski definition) is 2. The van der Waals surface area contributed by atoms with Crippen LogP contribution >= 0.6 is 0 Å². The molecule has 7 nitrogen and oxygen atoms in total. The van der Waals surface area contributed by atoms with Gasteiger partial charge < -0.3 is 10.7 Å². The summed E-state index contributed by atoms with van der Waals surface area (Å²) in [6, 6.07) is 8.04. The number of anilines is 2. The minimum absolute atomic E-state index is 0.0392. The highest BCUT2D eigenvalue weighted by atomic mass is 19.1. The van der Waals surface area contributed by atoms with Crippen molar-refractivity contribution >= 4 is 28.4 Å². The Bertz CT molecular complexity index is 1190. The van der Waals surface area contributed by atoms with Gasteiger partial charge >= 0.3 is 0 Å². The molecule has 0 atom stereocenters. The fourth-order valence-electron chi connectivity index (χ4n) is 4.35. The van der Waals surface area contributed by atoms with Crippen LogP contribution in [-0.2, 0) is 0 Å². The summed E-state index contributed by atoms with van der Waals surface area (Å²) in [7, 11) is 0. The molecule has 2 aromatic heterocycles. The molecule has 8 heteroatoms. The van der Waals surface area contributed by atoms with Crippen molar-refractivity contribution in [3.63, 3.8) is 0 Å². The molecule has 0 spiro atoms. The fraction of sp³-hybridized carbons (Fsp3) is 0.364. The second-order valence-electron chi connectivity index (χ2n) is 7.89. The minimum Gasteiger partial charge on any atom is -0.324 e.